The van der Waals surface area contributed by atoms with Crippen molar-refractivity contribution in [1.29, 1.82) is 0 Å². The van der Waals surface area contributed by atoms with E-state index < -0.39 is 5.97 Å². The average molecular weight is 298 g/mol. The highest BCUT2D eigenvalue weighted by Gasteiger charge is 2.11. The van der Waals surface area contributed by atoms with Gasteiger partial charge in [-0.15, -0.1) is 0 Å². The van der Waals surface area contributed by atoms with Crippen LogP contribution in [0.4, 0.5) is 17.2 Å². The lowest BCUT2D eigenvalue weighted by atomic mass is 10.2. The molecule has 0 unspecified atom stereocenters. The number of carboxylic acid groups (broad SMARTS) is 1. The van der Waals surface area contributed by atoms with Gasteiger partial charge in [0.05, 0.1) is 33.2 Å². The van der Waals surface area contributed by atoms with Crippen LogP contribution in [0.2, 0.25) is 10.0 Å². The van der Waals surface area contributed by atoms with E-state index in [2.05, 4.69) is 10.3 Å². The monoisotopic (exact) mass is 297 g/mol. The molecule has 0 aliphatic rings. The summed E-state index contributed by atoms with van der Waals surface area (Å²) < 4.78 is 0. The summed E-state index contributed by atoms with van der Waals surface area (Å²) in [6.45, 7) is 0. The van der Waals surface area contributed by atoms with E-state index in [1.165, 1.54) is 12.3 Å². The van der Waals surface area contributed by atoms with Crippen molar-refractivity contribution in [3.05, 3.63) is 46.1 Å². The number of nitrogen functional groups attached to an aromatic ring is 1. The summed E-state index contributed by atoms with van der Waals surface area (Å²) in [7, 11) is 0. The molecule has 7 heteroatoms. The molecule has 0 bridgehead atoms. The molecule has 0 spiro atoms. The van der Waals surface area contributed by atoms with Crippen LogP contribution in [0.25, 0.3) is 0 Å². The topological polar surface area (TPSA) is 88.2 Å². The van der Waals surface area contributed by atoms with E-state index in [9.17, 15) is 4.79 Å². The standard InChI is InChI=1S/C12H9Cl2N3O2/c13-7-2-1-3-9(11(7)14)17-10-4-6(12(18)19)8(15)5-16-10/h1-5H,15H2,(H,16,17)(H,18,19). The predicted octanol–water partition coefficient (Wildman–Crippen LogP) is 3.41. The highest BCUT2D eigenvalue weighted by Crippen LogP contribution is 2.31. The number of aromatic nitrogens is 1. The largest absolute Gasteiger partial charge is 0.478 e. The number of benzene rings is 1. The number of hydrogen-bond acceptors (Lipinski definition) is 4. The van der Waals surface area contributed by atoms with Crippen molar-refractivity contribution in [2.45, 2.75) is 0 Å². The van der Waals surface area contributed by atoms with Gasteiger partial charge in [0.2, 0.25) is 0 Å². The van der Waals surface area contributed by atoms with Gasteiger partial charge in [0.15, 0.2) is 0 Å². The Hall–Kier alpha value is -1.98. The Kier molecular flexibility index (Phi) is 3.78. The fourth-order valence-electron chi connectivity index (χ4n) is 1.46. The first-order valence-electron chi connectivity index (χ1n) is 5.19. The molecule has 0 atom stereocenters. The van der Waals surface area contributed by atoms with Gasteiger partial charge in [-0.3, -0.25) is 0 Å². The molecule has 1 aromatic heterocycles. The molecule has 0 saturated heterocycles. The second-order valence-electron chi connectivity index (χ2n) is 3.69. The fourth-order valence-corrected chi connectivity index (χ4v) is 1.81. The SMILES string of the molecule is Nc1cnc(Nc2cccc(Cl)c2Cl)cc1C(=O)O. The third kappa shape index (κ3) is 2.89. The lowest BCUT2D eigenvalue weighted by Crippen LogP contribution is -2.05. The number of pyridine rings is 1. The van der Waals surface area contributed by atoms with Crippen LogP contribution in [-0.4, -0.2) is 16.1 Å². The van der Waals surface area contributed by atoms with Gasteiger partial charge in [-0.2, -0.15) is 0 Å². The molecule has 0 saturated carbocycles. The maximum absolute atomic E-state index is 11.0. The summed E-state index contributed by atoms with van der Waals surface area (Å²) in [6, 6.07) is 6.39. The number of carbonyl (C=O) groups is 1. The first kappa shape index (κ1) is 13.5. The molecule has 0 radical (unpaired) electrons. The zero-order valence-electron chi connectivity index (χ0n) is 9.52. The Morgan fingerprint density at radius 2 is 2.11 bits per heavy atom. The summed E-state index contributed by atoms with van der Waals surface area (Å²) in [5.74, 6) is -0.809. The van der Waals surface area contributed by atoms with Gasteiger partial charge < -0.3 is 16.2 Å². The maximum atomic E-state index is 11.0. The van der Waals surface area contributed by atoms with E-state index in [4.69, 9.17) is 34.0 Å². The van der Waals surface area contributed by atoms with Crippen LogP contribution in [-0.2, 0) is 0 Å². The molecule has 1 heterocycles. The molecular formula is C12H9Cl2N3O2. The molecule has 2 rings (SSSR count). The number of carboxylic acids is 1. The van der Waals surface area contributed by atoms with Gasteiger partial charge in [-0.05, 0) is 18.2 Å². The molecular weight excluding hydrogens is 289 g/mol. The van der Waals surface area contributed by atoms with Gasteiger partial charge in [-0.1, -0.05) is 29.3 Å². The minimum Gasteiger partial charge on any atom is -0.478 e. The lowest BCUT2D eigenvalue weighted by molar-refractivity contribution is 0.0698. The number of nitrogens with two attached hydrogens (primary N) is 1. The molecule has 5 nitrogen and oxygen atoms in total. The lowest BCUT2D eigenvalue weighted by Gasteiger charge is -2.09. The molecule has 0 aliphatic carbocycles. The van der Waals surface area contributed by atoms with E-state index in [0.717, 1.165) is 0 Å². The van der Waals surface area contributed by atoms with Crippen LogP contribution in [0.3, 0.4) is 0 Å². The average Bonchev–Trinajstić information content (AvgIpc) is 2.37. The van der Waals surface area contributed by atoms with Crippen molar-refractivity contribution in [1.82, 2.24) is 4.98 Å². The van der Waals surface area contributed by atoms with Gasteiger partial charge >= 0.3 is 5.97 Å². The number of anilines is 3. The Morgan fingerprint density at radius 1 is 1.37 bits per heavy atom. The van der Waals surface area contributed by atoms with E-state index in [1.807, 2.05) is 0 Å². The zero-order valence-corrected chi connectivity index (χ0v) is 11.0. The number of nitrogens with zero attached hydrogens (tertiary/aromatic N) is 1. The van der Waals surface area contributed by atoms with Crippen LogP contribution >= 0.6 is 23.2 Å². The molecule has 1 aromatic carbocycles. The summed E-state index contributed by atoms with van der Waals surface area (Å²) >= 11 is 11.9. The third-order valence-corrected chi connectivity index (χ3v) is 3.20. The van der Waals surface area contributed by atoms with Crippen molar-refractivity contribution >= 4 is 46.4 Å². The molecule has 2 aromatic rings. The maximum Gasteiger partial charge on any atom is 0.337 e. The van der Waals surface area contributed by atoms with E-state index in [1.54, 1.807) is 18.2 Å². The second kappa shape index (κ2) is 5.34. The second-order valence-corrected chi connectivity index (χ2v) is 4.47. The summed E-state index contributed by atoms with van der Waals surface area (Å²) in [5.41, 5.74) is 6.11. The molecule has 0 aliphatic heterocycles. The molecule has 0 amide bonds. The van der Waals surface area contributed by atoms with Crippen molar-refractivity contribution in [2.24, 2.45) is 0 Å². The number of rotatable bonds is 3. The van der Waals surface area contributed by atoms with Crippen LogP contribution in [0.5, 0.6) is 0 Å². The summed E-state index contributed by atoms with van der Waals surface area (Å²) in [6.07, 6.45) is 1.27. The Labute approximate surface area is 119 Å². The fraction of sp³-hybridized carbons (Fsp3) is 0. The highest BCUT2D eigenvalue weighted by atomic mass is 35.5. The predicted molar refractivity (Wildman–Crippen MR) is 75.4 cm³/mol. The van der Waals surface area contributed by atoms with Crippen molar-refractivity contribution in [3.8, 4) is 0 Å². The van der Waals surface area contributed by atoms with Crippen LogP contribution < -0.4 is 11.1 Å². The van der Waals surface area contributed by atoms with Crippen LogP contribution in [0, 0.1) is 0 Å². The molecule has 19 heavy (non-hydrogen) atoms. The highest BCUT2D eigenvalue weighted by molar-refractivity contribution is 6.43. The third-order valence-electron chi connectivity index (χ3n) is 2.38. The molecule has 4 N–H and O–H groups in total. The number of hydrogen-bond donors (Lipinski definition) is 3. The number of nitrogens with one attached hydrogen (secondary N) is 1. The first-order valence-corrected chi connectivity index (χ1v) is 5.94. The quantitative estimate of drug-likeness (QED) is 0.808. The van der Waals surface area contributed by atoms with Gasteiger partial charge in [0.25, 0.3) is 0 Å². The van der Waals surface area contributed by atoms with Crippen LogP contribution in [0.1, 0.15) is 10.4 Å². The minimum absolute atomic E-state index is 0.0318. The zero-order chi connectivity index (χ0) is 14.0. The van der Waals surface area contributed by atoms with E-state index >= 15 is 0 Å². The molecule has 0 fully saturated rings. The summed E-state index contributed by atoms with van der Waals surface area (Å²) in [5, 5.41) is 12.6. The van der Waals surface area contributed by atoms with Crippen molar-refractivity contribution < 1.29 is 9.90 Å². The first-order chi connectivity index (χ1) is 8.99. The Morgan fingerprint density at radius 3 is 2.79 bits per heavy atom. The smallest absolute Gasteiger partial charge is 0.337 e. The van der Waals surface area contributed by atoms with Gasteiger partial charge in [0.1, 0.15) is 5.82 Å². The Bertz CT molecular complexity index is 647. The Balaban J connectivity index is 2.36. The summed E-state index contributed by atoms with van der Waals surface area (Å²) in [4.78, 5) is 15.0. The van der Waals surface area contributed by atoms with E-state index in [0.29, 0.717) is 21.6 Å². The molecule has 98 valence electrons. The van der Waals surface area contributed by atoms with Crippen molar-refractivity contribution in [3.63, 3.8) is 0 Å². The van der Waals surface area contributed by atoms with Crippen LogP contribution in [0.15, 0.2) is 30.5 Å². The van der Waals surface area contributed by atoms with E-state index in [-0.39, 0.29) is 11.3 Å². The normalized spacial score (nSPS) is 10.2. The van der Waals surface area contributed by atoms with Crippen molar-refractivity contribution in [2.75, 3.05) is 11.1 Å². The minimum atomic E-state index is -1.12. The number of halogens is 2. The van der Waals surface area contributed by atoms with Gasteiger partial charge in [0, 0.05) is 0 Å². The van der Waals surface area contributed by atoms with Gasteiger partial charge in [-0.25, -0.2) is 9.78 Å². The number of aromatic carboxylic acids is 1.